The van der Waals surface area contributed by atoms with Crippen LogP contribution in [0.1, 0.15) is 43.1 Å². The summed E-state index contributed by atoms with van der Waals surface area (Å²) in [6.07, 6.45) is 14.9. The zero-order valence-electron chi connectivity index (χ0n) is 14.1. The van der Waals surface area contributed by atoms with Crippen molar-refractivity contribution in [2.24, 2.45) is 5.41 Å². The number of carbonyl (C=O) groups is 1. The average Bonchev–Trinajstić information content (AvgIpc) is 2.56. The van der Waals surface area contributed by atoms with Crippen LogP contribution in [0.3, 0.4) is 0 Å². The van der Waals surface area contributed by atoms with Crippen LogP contribution in [0.25, 0.3) is 5.57 Å². The van der Waals surface area contributed by atoms with E-state index in [9.17, 15) is 4.79 Å². The van der Waals surface area contributed by atoms with Crippen molar-refractivity contribution in [3.63, 3.8) is 0 Å². The first-order valence-electron chi connectivity index (χ1n) is 7.93. The molecule has 23 heavy (non-hydrogen) atoms. The molecule has 2 nitrogen and oxygen atoms in total. The predicted molar refractivity (Wildman–Crippen MR) is 96.2 cm³/mol. The molecule has 1 heterocycles. The van der Waals surface area contributed by atoms with Crippen LogP contribution in [0.2, 0.25) is 0 Å². The van der Waals surface area contributed by atoms with Crippen molar-refractivity contribution in [1.29, 1.82) is 0 Å². The summed E-state index contributed by atoms with van der Waals surface area (Å²) in [5, 5.41) is 0. The summed E-state index contributed by atoms with van der Waals surface area (Å²) in [6.45, 7) is 6.81. The molecule has 2 aliphatic rings. The largest absolute Gasteiger partial charge is 0.497 e. The molecule has 0 unspecified atom stereocenters. The lowest BCUT2D eigenvalue weighted by Gasteiger charge is -2.30. The van der Waals surface area contributed by atoms with Gasteiger partial charge in [-0.3, -0.25) is 4.79 Å². The van der Waals surface area contributed by atoms with E-state index in [-0.39, 0.29) is 11.2 Å². The van der Waals surface area contributed by atoms with Gasteiger partial charge in [0.15, 0.2) is 5.78 Å². The quantitative estimate of drug-likeness (QED) is 0.689. The summed E-state index contributed by atoms with van der Waals surface area (Å²) in [4.78, 5) is 11.7. The number of benzene rings is 1. The molecule has 0 amide bonds. The highest BCUT2D eigenvalue weighted by molar-refractivity contribution is 5.99. The van der Waals surface area contributed by atoms with Crippen LogP contribution < -0.4 is 0 Å². The normalized spacial score (nSPS) is 17.6. The molecule has 0 N–H and O–H groups in total. The first kappa shape index (κ1) is 17.0. The standard InChI is InChI=1S/C16H18O.C5H6O/c1-12(17)13-8-4-5-9-14(13)15-10-6-7-11-16(15,2)3;1-2-4-6-5-3-1/h4-10H,11H2,1-3H3;1-4H,5H2. The van der Waals surface area contributed by atoms with Crippen molar-refractivity contribution in [3.8, 4) is 0 Å². The van der Waals surface area contributed by atoms with Gasteiger partial charge in [0.25, 0.3) is 0 Å². The molecule has 120 valence electrons. The molecular formula is C21H24O2. The van der Waals surface area contributed by atoms with E-state index < -0.39 is 0 Å². The van der Waals surface area contributed by atoms with E-state index in [1.165, 1.54) is 5.57 Å². The Morgan fingerprint density at radius 1 is 1.09 bits per heavy atom. The number of carbonyl (C=O) groups excluding carboxylic acids is 1. The van der Waals surface area contributed by atoms with Crippen molar-refractivity contribution >= 4 is 11.4 Å². The Balaban J connectivity index is 0.000000268. The number of Topliss-reactive ketones (excluding diaryl/α,β-unsaturated/α-hetero) is 1. The van der Waals surface area contributed by atoms with Gasteiger partial charge in [0, 0.05) is 5.56 Å². The molecule has 1 aliphatic carbocycles. The lowest BCUT2D eigenvalue weighted by atomic mass is 9.74. The maximum absolute atomic E-state index is 11.7. The number of allylic oxidation sites excluding steroid dienone is 6. The van der Waals surface area contributed by atoms with E-state index in [4.69, 9.17) is 4.74 Å². The van der Waals surface area contributed by atoms with Crippen LogP contribution in [0.15, 0.2) is 67.0 Å². The Bertz CT molecular complexity index is 661. The predicted octanol–water partition coefficient (Wildman–Crippen LogP) is 5.35. The molecule has 0 fully saturated rings. The fourth-order valence-electron chi connectivity index (χ4n) is 2.69. The van der Waals surface area contributed by atoms with Crippen LogP contribution >= 0.6 is 0 Å². The third-order valence-corrected chi connectivity index (χ3v) is 3.97. The maximum atomic E-state index is 11.7. The molecule has 1 aliphatic heterocycles. The summed E-state index contributed by atoms with van der Waals surface area (Å²) in [6, 6.07) is 7.87. The SMILES string of the molecule is C1=CCOC=C1.CC(=O)c1ccccc1C1=CC=CCC1(C)C. The van der Waals surface area contributed by atoms with Gasteiger partial charge in [0.05, 0.1) is 6.26 Å². The minimum Gasteiger partial charge on any atom is -0.497 e. The van der Waals surface area contributed by atoms with E-state index in [0.29, 0.717) is 0 Å². The minimum atomic E-state index is 0.0975. The number of hydrogen-bond donors (Lipinski definition) is 0. The highest BCUT2D eigenvalue weighted by Crippen LogP contribution is 2.41. The Labute approximate surface area is 138 Å². The van der Waals surface area contributed by atoms with Crippen molar-refractivity contribution in [1.82, 2.24) is 0 Å². The van der Waals surface area contributed by atoms with E-state index in [2.05, 4.69) is 32.1 Å². The van der Waals surface area contributed by atoms with Crippen molar-refractivity contribution in [3.05, 3.63) is 78.1 Å². The van der Waals surface area contributed by atoms with Gasteiger partial charge < -0.3 is 4.74 Å². The van der Waals surface area contributed by atoms with E-state index >= 15 is 0 Å². The van der Waals surface area contributed by atoms with Crippen molar-refractivity contribution in [2.75, 3.05) is 6.61 Å². The highest BCUT2D eigenvalue weighted by Gasteiger charge is 2.26. The third kappa shape index (κ3) is 4.56. The molecule has 0 saturated carbocycles. The van der Waals surface area contributed by atoms with Gasteiger partial charge in [0.1, 0.15) is 6.61 Å². The smallest absolute Gasteiger partial charge is 0.160 e. The lowest BCUT2D eigenvalue weighted by Crippen LogP contribution is -2.16. The van der Waals surface area contributed by atoms with Crippen molar-refractivity contribution in [2.45, 2.75) is 27.2 Å². The lowest BCUT2D eigenvalue weighted by molar-refractivity contribution is 0.101. The monoisotopic (exact) mass is 308 g/mol. The van der Waals surface area contributed by atoms with Gasteiger partial charge in [-0.1, -0.05) is 62.4 Å². The molecule has 1 aromatic carbocycles. The molecule has 0 aromatic heterocycles. The molecule has 2 heteroatoms. The Morgan fingerprint density at radius 2 is 1.87 bits per heavy atom. The van der Waals surface area contributed by atoms with E-state index in [1.54, 1.807) is 13.2 Å². The van der Waals surface area contributed by atoms with Gasteiger partial charge in [-0.05, 0) is 42.0 Å². The van der Waals surface area contributed by atoms with E-state index in [1.807, 2.05) is 42.5 Å². The second kappa shape index (κ2) is 7.77. The van der Waals surface area contributed by atoms with Gasteiger partial charge >= 0.3 is 0 Å². The third-order valence-electron chi connectivity index (χ3n) is 3.97. The van der Waals surface area contributed by atoms with Gasteiger partial charge in [-0.15, -0.1) is 0 Å². The van der Waals surface area contributed by atoms with Gasteiger partial charge in [-0.25, -0.2) is 0 Å². The van der Waals surface area contributed by atoms with Crippen LogP contribution in [-0.2, 0) is 4.74 Å². The van der Waals surface area contributed by atoms with Crippen molar-refractivity contribution < 1.29 is 9.53 Å². The summed E-state index contributed by atoms with van der Waals surface area (Å²) < 4.78 is 4.80. The number of hydrogen-bond acceptors (Lipinski definition) is 2. The summed E-state index contributed by atoms with van der Waals surface area (Å²) in [7, 11) is 0. The molecule has 0 bridgehead atoms. The Morgan fingerprint density at radius 3 is 2.39 bits per heavy atom. The van der Waals surface area contributed by atoms with Gasteiger partial charge in [0.2, 0.25) is 0 Å². The molecule has 0 radical (unpaired) electrons. The highest BCUT2D eigenvalue weighted by atomic mass is 16.5. The zero-order chi connectivity index (χ0) is 16.7. The number of ketones is 1. The topological polar surface area (TPSA) is 26.3 Å². The molecule has 0 saturated heterocycles. The van der Waals surface area contributed by atoms with Crippen LogP contribution in [0.4, 0.5) is 0 Å². The summed E-state index contributed by atoms with van der Waals surface area (Å²) >= 11 is 0. The molecule has 3 rings (SSSR count). The molecule has 0 atom stereocenters. The number of ether oxygens (including phenoxy) is 1. The maximum Gasteiger partial charge on any atom is 0.160 e. The van der Waals surface area contributed by atoms with Crippen LogP contribution in [-0.4, -0.2) is 12.4 Å². The van der Waals surface area contributed by atoms with Crippen LogP contribution in [0.5, 0.6) is 0 Å². The Kier molecular flexibility index (Phi) is 5.75. The first-order valence-corrected chi connectivity index (χ1v) is 7.93. The van der Waals surface area contributed by atoms with E-state index in [0.717, 1.165) is 24.2 Å². The Hall–Kier alpha value is -2.35. The number of rotatable bonds is 2. The average molecular weight is 308 g/mol. The second-order valence-corrected chi connectivity index (χ2v) is 6.29. The summed E-state index contributed by atoms with van der Waals surface area (Å²) in [5.74, 6) is 0.131. The van der Waals surface area contributed by atoms with Gasteiger partial charge in [-0.2, -0.15) is 0 Å². The summed E-state index contributed by atoms with van der Waals surface area (Å²) in [5.41, 5.74) is 3.25. The molecule has 1 aromatic rings. The molecular weight excluding hydrogens is 284 g/mol. The molecule has 0 spiro atoms. The zero-order valence-corrected chi connectivity index (χ0v) is 14.1. The first-order chi connectivity index (χ1) is 11.0. The second-order valence-electron chi connectivity index (χ2n) is 6.29. The van der Waals surface area contributed by atoms with Crippen LogP contribution in [0, 0.1) is 5.41 Å². The minimum absolute atomic E-state index is 0.0975. The fraction of sp³-hybridized carbons (Fsp3) is 0.286. The fourth-order valence-corrected chi connectivity index (χ4v) is 2.69.